The van der Waals surface area contributed by atoms with E-state index in [0.29, 0.717) is 6.61 Å². The van der Waals surface area contributed by atoms with Gasteiger partial charge in [0.2, 0.25) is 0 Å². The van der Waals surface area contributed by atoms with Crippen LogP contribution in [0.15, 0.2) is 84.9 Å². The average Bonchev–Trinajstić information content (AvgIpc) is 2.79. The number of benzene rings is 3. The summed E-state index contributed by atoms with van der Waals surface area (Å²) in [5, 5.41) is 0. The number of rotatable bonds is 9. The molecule has 0 unspecified atom stereocenters. The van der Waals surface area contributed by atoms with Crippen LogP contribution >= 0.6 is 15.9 Å². The smallest absolute Gasteiger partial charge is 0.137 e. The van der Waals surface area contributed by atoms with E-state index in [1.165, 1.54) is 27.8 Å². The molecule has 0 aliphatic carbocycles. The third-order valence-electron chi connectivity index (χ3n) is 5.27. The van der Waals surface area contributed by atoms with Crippen LogP contribution in [0.25, 0.3) is 11.1 Å². The highest BCUT2D eigenvalue weighted by atomic mass is 79.9. The molecule has 0 spiro atoms. The molecule has 3 rings (SSSR count). The summed E-state index contributed by atoms with van der Waals surface area (Å²) >= 11 is 3.56. The second-order valence-electron chi connectivity index (χ2n) is 8.09. The van der Waals surface area contributed by atoms with Crippen molar-refractivity contribution in [2.45, 2.75) is 13.3 Å². The Labute approximate surface area is 189 Å². The summed E-state index contributed by atoms with van der Waals surface area (Å²) in [7, 11) is 4.38. The molecular formula is C27H31BrNO+. The van der Waals surface area contributed by atoms with Gasteiger partial charge in [-0.3, -0.25) is 0 Å². The fourth-order valence-corrected chi connectivity index (χ4v) is 3.72. The molecule has 0 radical (unpaired) electrons. The first-order chi connectivity index (χ1) is 14.5. The van der Waals surface area contributed by atoms with Crippen LogP contribution in [0, 0.1) is 0 Å². The molecule has 30 heavy (non-hydrogen) atoms. The molecule has 0 saturated carbocycles. The first-order valence-electron chi connectivity index (χ1n) is 10.5. The van der Waals surface area contributed by atoms with E-state index >= 15 is 0 Å². The molecule has 0 aliphatic rings. The van der Waals surface area contributed by atoms with Crippen LogP contribution < -0.4 is 4.74 Å². The highest BCUT2D eigenvalue weighted by molar-refractivity contribution is 9.09. The second kappa shape index (κ2) is 10.6. The normalized spacial score (nSPS) is 12.4. The number of ether oxygens (including phenoxy) is 1. The maximum absolute atomic E-state index is 6.00. The minimum Gasteiger partial charge on any atom is -0.488 e. The van der Waals surface area contributed by atoms with Crippen molar-refractivity contribution in [1.82, 2.24) is 0 Å². The maximum Gasteiger partial charge on any atom is 0.137 e. The third-order valence-corrected chi connectivity index (χ3v) is 6.63. The van der Waals surface area contributed by atoms with Crippen molar-refractivity contribution in [3.05, 3.63) is 102 Å². The summed E-state index contributed by atoms with van der Waals surface area (Å²) in [6, 6.07) is 29.9. The molecule has 2 nitrogen and oxygen atoms in total. The van der Waals surface area contributed by atoms with Gasteiger partial charge in [-0.2, -0.15) is 0 Å². The number of hydrogen-bond donors (Lipinski definition) is 0. The number of halogens is 1. The summed E-state index contributed by atoms with van der Waals surface area (Å²) in [6.45, 7) is 3.88. The molecular weight excluding hydrogens is 434 g/mol. The van der Waals surface area contributed by atoms with E-state index in [-0.39, 0.29) is 0 Å². The maximum atomic E-state index is 6.00. The van der Waals surface area contributed by atoms with Crippen LogP contribution in [0.5, 0.6) is 5.75 Å². The monoisotopic (exact) mass is 464 g/mol. The Hall–Kier alpha value is -2.36. The highest BCUT2D eigenvalue weighted by Gasteiger charge is 2.14. The molecule has 0 fully saturated rings. The molecule has 0 atom stereocenters. The summed E-state index contributed by atoms with van der Waals surface area (Å²) in [6.07, 6.45) is 0.964. The van der Waals surface area contributed by atoms with Gasteiger partial charge < -0.3 is 9.22 Å². The lowest BCUT2D eigenvalue weighted by molar-refractivity contribution is -0.876. The molecule has 3 heteroatoms. The lowest BCUT2D eigenvalue weighted by Crippen LogP contribution is -2.41. The number of allylic oxidation sites excluding steroid dienone is 1. The van der Waals surface area contributed by atoms with Crippen LogP contribution in [0.3, 0.4) is 0 Å². The second-order valence-corrected chi connectivity index (χ2v) is 8.59. The quantitative estimate of drug-likeness (QED) is 0.145. The standard InChI is InChI=1S/C27H31BrNO/c1-4-26(22-11-7-5-8-12-22)27(23-13-9-6-10-14-23)24-15-17-25(18-16-24)30-20-19-29(2,3)21-28/h5-18H,4,19-21H2,1-3H3/q+1/b27-26-. The van der Waals surface area contributed by atoms with Crippen molar-refractivity contribution in [3.63, 3.8) is 0 Å². The van der Waals surface area contributed by atoms with Crippen LogP contribution in [-0.2, 0) is 0 Å². The summed E-state index contributed by atoms with van der Waals surface area (Å²) in [5.74, 6) is 0.915. The Morgan fingerprint density at radius 1 is 0.767 bits per heavy atom. The number of quaternary nitrogens is 1. The zero-order chi connectivity index (χ0) is 21.4. The lowest BCUT2D eigenvalue weighted by atomic mass is 9.88. The Kier molecular flexibility index (Phi) is 7.89. The molecule has 0 N–H and O–H groups in total. The SMILES string of the molecule is CC/C(=C(\c1ccccc1)c1ccc(OCC[N+](C)(C)CBr)cc1)c1ccccc1. The minimum atomic E-state index is 0.698. The topological polar surface area (TPSA) is 9.23 Å². The van der Waals surface area contributed by atoms with Gasteiger partial charge in [0.15, 0.2) is 0 Å². The van der Waals surface area contributed by atoms with E-state index in [9.17, 15) is 0 Å². The number of hydrogen-bond acceptors (Lipinski definition) is 1. The van der Waals surface area contributed by atoms with Crippen molar-refractivity contribution in [2.75, 3.05) is 32.7 Å². The van der Waals surface area contributed by atoms with E-state index in [1.807, 2.05) is 0 Å². The van der Waals surface area contributed by atoms with Crippen molar-refractivity contribution in [3.8, 4) is 5.75 Å². The highest BCUT2D eigenvalue weighted by Crippen LogP contribution is 2.34. The summed E-state index contributed by atoms with van der Waals surface area (Å²) in [5.41, 5.74) is 7.28. The Morgan fingerprint density at radius 2 is 1.30 bits per heavy atom. The molecule has 3 aromatic carbocycles. The zero-order valence-corrected chi connectivity index (χ0v) is 19.7. The first-order valence-corrected chi connectivity index (χ1v) is 11.6. The van der Waals surface area contributed by atoms with E-state index < -0.39 is 0 Å². The predicted octanol–water partition coefficient (Wildman–Crippen LogP) is 6.86. The minimum absolute atomic E-state index is 0.698. The molecule has 0 aromatic heterocycles. The third kappa shape index (κ3) is 5.84. The van der Waals surface area contributed by atoms with Gasteiger partial charge in [0.05, 0.1) is 14.1 Å². The van der Waals surface area contributed by atoms with Gasteiger partial charge in [-0.15, -0.1) is 0 Å². The van der Waals surface area contributed by atoms with E-state index in [1.54, 1.807) is 0 Å². The Balaban J connectivity index is 1.93. The molecule has 0 amide bonds. The summed E-state index contributed by atoms with van der Waals surface area (Å²) in [4.78, 5) is 0. The van der Waals surface area contributed by atoms with Crippen molar-refractivity contribution in [2.24, 2.45) is 0 Å². The van der Waals surface area contributed by atoms with Crippen LogP contribution in [0.4, 0.5) is 0 Å². The largest absolute Gasteiger partial charge is 0.488 e. The number of alkyl halides is 1. The van der Waals surface area contributed by atoms with E-state index in [4.69, 9.17) is 4.74 Å². The van der Waals surface area contributed by atoms with Crippen LogP contribution in [-0.4, -0.2) is 37.2 Å². The zero-order valence-electron chi connectivity index (χ0n) is 18.1. The van der Waals surface area contributed by atoms with Crippen LogP contribution in [0.2, 0.25) is 0 Å². The predicted molar refractivity (Wildman–Crippen MR) is 132 cm³/mol. The fraction of sp³-hybridized carbons (Fsp3) is 0.259. The average molecular weight is 465 g/mol. The van der Waals surface area contributed by atoms with Gasteiger partial charge in [-0.1, -0.05) is 79.7 Å². The van der Waals surface area contributed by atoms with Gasteiger partial charge in [0, 0.05) is 0 Å². The van der Waals surface area contributed by atoms with Gasteiger partial charge >= 0.3 is 0 Å². The van der Waals surface area contributed by atoms with Crippen LogP contribution in [0.1, 0.15) is 30.0 Å². The Morgan fingerprint density at radius 3 is 1.83 bits per heavy atom. The van der Waals surface area contributed by atoms with Gasteiger partial charge in [-0.05, 0) is 62.3 Å². The molecule has 156 valence electrons. The molecule has 0 bridgehead atoms. The van der Waals surface area contributed by atoms with Gasteiger partial charge in [0.25, 0.3) is 0 Å². The molecule has 0 saturated heterocycles. The Bertz CT molecular complexity index is 947. The lowest BCUT2D eigenvalue weighted by Gasteiger charge is -2.26. The molecule has 0 aliphatic heterocycles. The van der Waals surface area contributed by atoms with Crippen molar-refractivity contribution < 1.29 is 9.22 Å². The first kappa shape index (κ1) is 22.3. The van der Waals surface area contributed by atoms with E-state index in [2.05, 4.69) is 122 Å². The fourth-order valence-electron chi connectivity index (χ4n) is 3.47. The van der Waals surface area contributed by atoms with E-state index in [0.717, 1.165) is 28.7 Å². The molecule has 3 aromatic rings. The molecule has 0 heterocycles. The van der Waals surface area contributed by atoms with Crippen molar-refractivity contribution >= 4 is 27.1 Å². The van der Waals surface area contributed by atoms with Gasteiger partial charge in [-0.25, -0.2) is 0 Å². The summed E-state index contributed by atoms with van der Waals surface area (Å²) < 4.78 is 6.89. The van der Waals surface area contributed by atoms with Gasteiger partial charge in [0.1, 0.15) is 24.4 Å². The number of nitrogens with zero attached hydrogens (tertiary/aromatic N) is 1. The number of likely N-dealkylation sites (N-methyl/N-ethyl adjacent to an activating group) is 1. The van der Waals surface area contributed by atoms with Crippen molar-refractivity contribution in [1.29, 1.82) is 0 Å².